The lowest BCUT2D eigenvalue weighted by Crippen LogP contribution is -2.13. The number of hydrogen-bond donors (Lipinski definition) is 0. The molecule has 0 heterocycles. The molecular weight excluding hydrogens is 120 g/mol. The molecule has 0 saturated heterocycles. The summed E-state index contributed by atoms with van der Waals surface area (Å²) in [6.45, 7) is 0.859. The van der Waals surface area contributed by atoms with Crippen LogP contribution in [0.5, 0.6) is 0 Å². The zero-order chi connectivity index (χ0) is 6.41. The second-order valence-corrected chi connectivity index (χ2v) is 2.50. The molecule has 0 N–H and O–H groups in total. The van der Waals surface area contributed by atoms with E-state index >= 15 is 0 Å². The Morgan fingerprint density at radius 3 is 2.75 bits per heavy atom. The Balaban J connectivity index is 3.02. The molecule has 0 aromatic carbocycles. The monoisotopic (exact) mass is 130 g/mol. The quantitative estimate of drug-likeness (QED) is 0.417. The normalized spacial score (nSPS) is 8.12. The number of hydrogen-bond acceptors (Lipinski definition) is 3. The van der Waals surface area contributed by atoms with Crippen molar-refractivity contribution in [1.82, 2.24) is 4.90 Å². The molecule has 0 fully saturated rings. The molecular formula is C5H10N2S. The van der Waals surface area contributed by atoms with Crippen LogP contribution in [-0.4, -0.2) is 30.5 Å². The standard InChI is InChI=1S/C5H10N2S/c1-7(5-6)3-4-8-2/h3-4H2,1-2H3. The van der Waals surface area contributed by atoms with Gasteiger partial charge in [-0.1, -0.05) is 0 Å². The summed E-state index contributed by atoms with van der Waals surface area (Å²) in [5, 5.41) is 8.23. The van der Waals surface area contributed by atoms with Gasteiger partial charge in [0.15, 0.2) is 6.19 Å². The summed E-state index contributed by atoms with van der Waals surface area (Å²) in [7, 11) is 1.79. The summed E-state index contributed by atoms with van der Waals surface area (Å²) in [6.07, 6.45) is 4.05. The Morgan fingerprint density at radius 2 is 2.38 bits per heavy atom. The van der Waals surface area contributed by atoms with Crippen LogP contribution in [0.15, 0.2) is 0 Å². The average molecular weight is 130 g/mol. The number of nitriles is 1. The highest BCUT2D eigenvalue weighted by atomic mass is 32.2. The average Bonchev–Trinajstić information content (AvgIpc) is 1.83. The van der Waals surface area contributed by atoms with Crippen molar-refractivity contribution < 1.29 is 0 Å². The molecule has 0 saturated carbocycles. The number of thioether (sulfide) groups is 1. The van der Waals surface area contributed by atoms with Crippen LogP contribution in [0.2, 0.25) is 0 Å². The van der Waals surface area contributed by atoms with Gasteiger partial charge in [-0.25, -0.2) is 0 Å². The van der Waals surface area contributed by atoms with Crippen LogP contribution in [0.3, 0.4) is 0 Å². The van der Waals surface area contributed by atoms with Gasteiger partial charge in [0, 0.05) is 19.3 Å². The van der Waals surface area contributed by atoms with E-state index in [0.29, 0.717) is 0 Å². The maximum absolute atomic E-state index is 8.23. The highest BCUT2D eigenvalue weighted by Crippen LogP contribution is 1.90. The van der Waals surface area contributed by atoms with Gasteiger partial charge >= 0.3 is 0 Å². The third-order valence-electron chi connectivity index (χ3n) is 0.802. The van der Waals surface area contributed by atoms with Crippen LogP contribution < -0.4 is 0 Å². The van der Waals surface area contributed by atoms with Crippen molar-refractivity contribution in [2.45, 2.75) is 0 Å². The molecule has 0 aromatic rings. The van der Waals surface area contributed by atoms with E-state index < -0.39 is 0 Å². The van der Waals surface area contributed by atoms with E-state index in [4.69, 9.17) is 5.26 Å². The van der Waals surface area contributed by atoms with Crippen LogP contribution >= 0.6 is 11.8 Å². The summed E-state index contributed by atoms with van der Waals surface area (Å²) < 4.78 is 0. The third kappa shape index (κ3) is 3.82. The minimum Gasteiger partial charge on any atom is -0.313 e. The third-order valence-corrected chi connectivity index (χ3v) is 1.39. The zero-order valence-electron chi connectivity index (χ0n) is 5.22. The van der Waals surface area contributed by atoms with E-state index in [0.717, 1.165) is 12.3 Å². The molecule has 8 heavy (non-hydrogen) atoms. The number of nitrogens with zero attached hydrogens (tertiary/aromatic N) is 2. The van der Waals surface area contributed by atoms with E-state index in [1.807, 2.05) is 12.4 Å². The molecule has 0 aliphatic heterocycles. The van der Waals surface area contributed by atoms with Crippen molar-refractivity contribution in [2.24, 2.45) is 0 Å². The van der Waals surface area contributed by atoms with Crippen molar-refractivity contribution in [2.75, 3.05) is 25.6 Å². The Labute approximate surface area is 54.5 Å². The van der Waals surface area contributed by atoms with Crippen molar-refractivity contribution >= 4 is 11.8 Å². The van der Waals surface area contributed by atoms with Crippen LogP contribution in [-0.2, 0) is 0 Å². The summed E-state index contributed by atoms with van der Waals surface area (Å²) in [6, 6.07) is 0. The van der Waals surface area contributed by atoms with Gasteiger partial charge in [0.25, 0.3) is 0 Å². The van der Waals surface area contributed by atoms with Gasteiger partial charge in [0.2, 0.25) is 0 Å². The second-order valence-electron chi connectivity index (χ2n) is 1.51. The molecule has 46 valence electrons. The van der Waals surface area contributed by atoms with Crippen molar-refractivity contribution in [3.63, 3.8) is 0 Å². The Bertz CT molecular complexity index is 86.9. The molecule has 0 aliphatic carbocycles. The highest BCUT2D eigenvalue weighted by molar-refractivity contribution is 7.98. The number of rotatable bonds is 3. The predicted octanol–water partition coefficient (Wildman–Crippen LogP) is 0.762. The lowest BCUT2D eigenvalue weighted by molar-refractivity contribution is 0.508. The van der Waals surface area contributed by atoms with Gasteiger partial charge in [-0.05, 0) is 6.26 Å². The molecule has 0 aromatic heterocycles. The fraction of sp³-hybridized carbons (Fsp3) is 0.800. The Hall–Kier alpha value is -0.360. The summed E-state index contributed by atoms with van der Waals surface area (Å²) in [4.78, 5) is 1.62. The fourth-order valence-electron chi connectivity index (χ4n) is 0.278. The zero-order valence-corrected chi connectivity index (χ0v) is 6.03. The fourth-order valence-corrected chi connectivity index (χ4v) is 0.735. The van der Waals surface area contributed by atoms with Crippen molar-refractivity contribution in [1.29, 1.82) is 5.26 Å². The molecule has 2 nitrogen and oxygen atoms in total. The van der Waals surface area contributed by atoms with Gasteiger partial charge in [-0.2, -0.15) is 17.0 Å². The maximum Gasteiger partial charge on any atom is 0.179 e. The molecule has 0 aliphatic rings. The largest absolute Gasteiger partial charge is 0.313 e. The topological polar surface area (TPSA) is 27.0 Å². The lowest BCUT2D eigenvalue weighted by Gasteiger charge is -2.04. The van der Waals surface area contributed by atoms with Gasteiger partial charge < -0.3 is 4.90 Å². The lowest BCUT2D eigenvalue weighted by atomic mass is 10.7. The van der Waals surface area contributed by atoms with E-state index in [1.54, 1.807) is 23.7 Å². The van der Waals surface area contributed by atoms with Crippen LogP contribution in [0.4, 0.5) is 0 Å². The summed E-state index contributed by atoms with van der Waals surface area (Å²) in [5.74, 6) is 1.03. The first-order valence-electron chi connectivity index (χ1n) is 2.41. The maximum atomic E-state index is 8.23. The predicted molar refractivity (Wildman–Crippen MR) is 36.6 cm³/mol. The molecule has 0 rings (SSSR count). The Morgan fingerprint density at radius 1 is 1.75 bits per heavy atom. The second kappa shape index (κ2) is 4.79. The molecule has 0 unspecified atom stereocenters. The highest BCUT2D eigenvalue weighted by Gasteiger charge is 1.88. The first-order valence-corrected chi connectivity index (χ1v) is 3.80. The van der Waals surface area contributed by atoms with Crippen LogP contribution in [0, 0.1) is 11.5 Å². The van der Waals surface area contributed by atoms with Crippen molar-refractivity contribution in [3.05, 3.63) is 0 Å². The Kier molecular flexibility index (Phi) is 4.58. The van der Waals surface area contributed by atoms with E-state index in [9.17, 15) is 0 Å². The molecule has 0 amide bonds. The first kappa shape index (κ1) is 7.64. The van der Waals surface area contributed by atoms with E-state index in [1.165, 1.54) is 0 Å². The van der Waals surface area contributed by atoms with Crippen molar-refractivity contribution in [3.8, 4) is 6.19 Å². The van der Waals surface area contributed by atoms with E-state index in [-0.39, 0.29) is 0 Å². The molecule has 3 heteroatoms. The summed E-state index contributed by atoms with van der Waals surface area (Å²) in [5.41, 5.74) is 0. The molecule has 0 radical (unpaired) electrons. The van der Waals surface area contributed by atoms with Crippen LogP contribution in [0.25, 0.3) is 0 Å². The van der Waals surface area contributed by atoms with Gasteiger partial charge in [0.1, 0.15) is 0 Å². The van der Waals surface area contributed by atoms with Crippen LogP contribution in [0.1, 0.15) is 0 Å². The first-order chi connectivity index (χ1) is 3.81. The minimum atomic E-state index is 0.859. The van der Waals surface area contributed by atoms with E-state index in [2.05, 4.69) is 0 Å². The van der Waals surface area contributed by atoms with Gasteiger partial charge in [-0.3, -0.25) is 0 Å². The smallest absolute Gasteiger partial charge is 0.179 e. The molecule has 0 spiro atoms. The molecule has 0 atom stereocenters. The molecule has 0 bridgehead atoms. The SMILES string of the molecule is CSCCN(C)C#N. The van der Waals surface area contributed by atoms with Gasteiger partial charge in [0.05, 0.1) is 0 Å². The minimum absolute atomic E-state index is 0.859. The van der Waals surface area contributed by atoms with Gasteiger partial charge in [-0.15, -0.1) is 0 Å². The summed E-state index contributed by atoms with van der Waals surface area (Å²) >= 11 is 1.75.